The average Bonchev–Trinajstić information content (AvgIpc) is 3.18. The van der Waals surface area contributed by atoms with Crippen molar-refractivity contribution in [1.82, 2.24) is 20.1 Å². The van der Waals surface area contributed by atoms with Crippen molar-refractivity contribution in [3.8, 4) is 0 Å². The van der Waals surface area contributed by atoms with Crippen LogP contribution in [0.3, 0.4) is 0 Å². The molecular weight excluding hydrogens is 376 g/mol. The zero-order valence-electron chi connectivity index (χ0n) is 15.3. The van der Waals surface area contributed by atoms with E-state index >= 15 is 0 Å². The van der Waals surface area contributed by atoms with E-state index in [1.807, 2.05) is 18.2 Å². The summed E-state index contributed by atoms with van der Waals surface area (Å²) in [5.41, 5.74) is 3.05. The van der Waals surface area contributed by atoms with Gasteiger partial charge in [0.2, 0.25) is 0 Å². The molecular formula is C21H21ClN4O2. The van der Waals surface area contributed by atoms with Gasteiger partial charge in [-0.3, -0.25) is 14.7 Å². The van der Waals surface area contributed by atoms with Gasteiger partial charge in [-0.1, -0.05) is 41.9 Å². The predicted molar refractivity (Wildman–Crippen MR) is 108 cm³/mol. The van der Waals surface area contributed by atoms with E-state index in [0.29, 0.717) is 24.0 Å². The lowest BCUT2D eigenvalue weighted by molar-refractivity contribution is 0.0710. The number of amides is 1. The van der Waals surface area contributed by atoms with Gasteiger partial charge in [-0.2, -0.15) is 5.10 Å². The van der Waals surface area contributed by atoms with Crippen LogP contribution in [-0.4, -0.2) is 39.1 Å². The monoisotopic (exact) mass is 396 g/mol. The lowest BCUT2D eigenvalue weighted by atomic mass is 9.93. The quantitative estimate of drug-likeness (QED) is 0.709. The Hall–Kier alpha value is -2.86. The molecule has 1 amide bonds. The Morgan fingerprint density at radius 1 is 1.18 bits per heavy atom. The van der Waals surface area contributed by atoms with Crippen LogP contribution in [0.5, 0.6) is 0 Å². The standard InChI is InChI=1S/C21H21ClN4O2/c22-16-11-18(20(27)23-13-16)21(28)26-8-6-15(7-9-26)19-12-17(24-25-19)10-14-4-2-1-3-5-14/h1-5,11-13,15H,6-10H2,(H,23,27)(H,24,25). The van der Waals surface area contributed by atoms with E-state index in [2.05, 4.69) is 33.4 Å². The molecule has 0 spiro atoms. The number of carbonyl (C=O) groups excluding carboxylic acids is 1. The van der Waals surface area contributed by atoms with E-state index in [-0.39, 0.29) is 11.5 Å². The van der Waals surface area contributed by atoms with E-state index in [4.69, 9.17) is 11.6 Å². The summed E-state index contributed by atoms with van der Waals surface area (Å²) >= 11 is 5.91. The number of piperidine rings is 1. The SMILES string of the molecule is O=C(c1cc(Cl)c[nH]c1=O)N1CCC(c2cc(Cc3ccccc3)[nH]n2)CC1. The Morgan fingerprint density at radius 2 is 1.93 bits per heavy atom. The number of benzene rings is 1. The highest BCUT2D eigenvalue weighted by Crippen LogP contribution is 2.28. The van der Waals surface area contributed by atoms with Gasteiger partial charge < -0.3 is 9.88 Å². The fourth-order valence-corrected chi connectivity index (χ4v) is 3.82. The minimum atomic E-state index is -0.408. The average molecular weight is 397 g/mol. The molecule has 0 atom stereocenters. The molecule has 2 aromatic heterocycles. The molecule has 1 fully saturated rings. The third-order valence-corrected chi connectivity index (χ3v) is 5.41. The maximum atomic E-state index is 12.6. The Labute approximate surface area is 167 Å². The highest BCUT2D eigenvalue weighted by molar-refractivity contribution is 6.30. The number of carbonyl (C=O) groups is 1. The lowest BCUT2D eigenvalue weighted by Gasteiger charge is -2.31. The minimum Gasteiger partial charge on any atom is -0.338 e. The van der Waals surface area contributed by atoms with Crippen molar-refractivity contribution in [3.05, 3.63) is 86.6 Å². The smallest absolute Gasteiger partial charge is 0.260 e. The summed E-state index contributed by atoms with van der Waals surface area (Å²) in [6.45, 7) is 1.19. The van der Waals surface area contributed by atoms with Gasteiger partial charge in [0, 0.05) is 37.3 Å². The van der Waals surface area contributed by atoms with Crippen LogP contribution in [0.2, 0.25) is 5.02 Å². The van der Waals surface area contributed by atoms with Crippen LogP contribution >= 0.6 is 11.6 Å². The maximum absolute atomic E-state index is 12.6. The normalized spacial score (nSPS) is 15.0. The number of likely N-dealkylation sites (tertiary alicyclic amines) is 1. The summed E-state index contributed by atoms with van der Waals surface area (Å²) < 4.78 is 0. The van der Waals surface area contributed by atoms with Crippen LogP contribution in [0.15, 0.2) is 53.5 Å². The molecule has 28 heavy (non-hydrogen) atoms. The van der Waals surface area contributed by atoms with Gasteiger partial charge in [0.15, 0.2) is 0 Å². The first kappa shape index (κ1) is 18.5. The third kappa shape index (κ3) is 4.02. The predicted octanol–water partition coefficient (Wildman–Crippen LogP) is 3.36. The molecule has 0 unspecified atom stereocenters. The first-order valence-corrected chi connectivity index (χ1v) is 9.73. The summed E-state index contributed by atoms with van der Waals surface area (Å²) in [6, 6.07) is 13.8. The fourth-order valence-electron chi connectivity index (χ4n) is 3.66. The summed E-state index contributed by atoms with van der Waals surface area (Å²) in [7, 11) is 0. The number of nitrogens with one attached hydrogen (secondary N) is 2. The topological polar surface area (TPSA) is 81.9 Å². The molecule has 1 saturated heterocycles. The maximum Gasteiger partial charge on any atom is 0.260 e. The van der Waals surface area contributed by atoms with Gasteiger partial charge in [0.05, 0.1) is 10.7 Å². The highest BCUT2D eigenvalue weighted by atomic mass is 35.5. The number of halogens is 1. The van der Waals surface area contributed by atoms with Crippen molar-refractivity contribution in [3.63, 3.8) is 0 Å². The first-order chi connectivity index (χ1) is 13.6. The van der Waals surface area contributed by atoms with E-state index < -0.39 is 5.56 Å². The molecule has 0 aliphatic carbocycles. The summed E-state index contributed by atoms with van der Waals surface area (Å²) in [5.74, 6) is 0.0384. The second-order valence-electron chi connectivity index (χ2n) is 7.11. The van der Waals surface area contributed by atoms with Gasteiger partial charge in [-0.05, 0) is 30.5 Å². The molecule has 1 aliphatic rings. The summed E-state index contributed by atoms with van der Waals surface area (Å²) in [5, 5.41) is 7.97. The molecule has 0 radical (unpaired) electrons. The van der Waals surface area contributed by atoms with Crippen molar-refractivity contribution in [2.75, 3.05) is 13.1 Å². The van der Waals surface area contributed by atoms with Crippen molar-refractivity contribution in [1.29, 1.82) is 0 Å². The lowest BCUT2D eigenvalue weighted by Crippen LogP contribution is -2.40. The number of hydrogen-bond donors (Lipinski definition) is 2. The largest absolute Gasteiger partial charge is 0.338 e. The Balaban J connectivity index is 1.38. The second kappa shape index (κ2) is 8.02. The molecule has 3 heterocycles. The van der Waals surface area contributed by atoms with E-state index in [1.165, 1.54) is 17.8 Å². The molecule has 4 rings (SSSR count). The molecule has 144 valence electrons. The molecule has 1 aromatic carbocycles. The van der Waals surface area contributed by atoms with Crippen LogP contribution in [0.4, 0.5) is 0 Å². The molecule has 0 bridgehead atoms. The zero-order valence-corrected chi connectivity index (χ0v) is 16.1. The molecule has 1 aliphatic heterocycles. The number of aromatic amines is 2. The Morgan fingerprint density at radius 3 is 2.68 bits per heavy atom. The minimum absolute atomic E-state index is 0.0934. The number of rotatable bonds is 4. The van der Waals surface area contributed by atoms with Crippen molar-refractivity contribution < 1.29 is 4.79 Å². The molecule has 0 saturated carbocycles. The van der Waals surface area contributed by atoms with Crippen LogP contribution in [0, 0.1) is 0 Å². The number of nitrogens with zero attached hydrogens (tertiary/aromatic N) is 2. The van der Waals surface area contributed by atoms with Gasteiger partial charge in [-0.15, -0.1) is 0 Å². The zero-order chi connectivity index (χ0) is 19.5. The summed E-state index contributed by atoms with van der Waals surface area (Å²) in [4.78, 5) is 28.8. The number of pyridine rings is 1. The third-order valence-electron chi connectivity index (χ3n) is 5.19. The van der Waals surface area contributed by atoms with E-state index in [1.54, 1.807) is 4.90 Å². The fraction of sp³-hybridized carbons (Fsp3) is 0.286. The van der Waals surface area contributed by atoms with E-state index in [9.17, 15) is 9.59 Å². The van der Waals surface area contributed by atoms with E-state index in [0.717, 1.165) is 30.7 Å². The Bertz CT molecular complexity index is 1020. The van der Waals surface area contributed by atoms with Gasteiger partial charge in [0.25, 0.3) is 11.5 Å². The van der Waals surface area contributed by atoms with Crippen LogP contribution < -0.4 is 5.56 Å². The number of aromatic nitrogens is 3. The van der Waals surface area contributed by atoms with Gasteiger partial charge in [0.1, 0.15) is 5.56 Å². The molecule has 3 aromatic rings. The second-order valence-corrected chi connectivity index (χ2v) is 7.54. The van der Waals surface area contributed by atoms with Crippen LogP contribution in [0.1, 0.15) is 46.1 Å². The highest BCUT2D eigenvalue weighted by Gasteiger charge is 2.27. The number of hydrogen-bond acceptors (Lipinski definition) is 3. The summed E-state index contributed by atoms with van der Waals surface area (Å²) in [6.07, 6.45) is 3.85. The van der Waals surface area contributed by atoms with Gasteiger partial charge >= 0.3 is 0 Å². The molecule has 6 nitrogen and oxygen atoms in total. The van der Waals surface area contributed by atoms with Crippen LogP contribution in [-0.2, 0) is 6.42 Å². The van der Waals surface area contributed by atoms with Gasteiger partial charge in [-0.25, -0.2) is 0 Å². The van der Waals surface area contributed by atoms with Crippen molar-refractivity contribution in [2.24, 2.45) is 0 Å². The first-order valence-electron chi connectivity index (χ1n) is 9.36. The van der Waals surface area contributed by atoms with Crippen molar-refractivity contribution in [2.45, 2.75) is 25.2 Å². The molecule has 2 N–H and O–H groups in total. The molecule has 7 heteroatoms. The van der Waals surface area contributed by atoms with Crippen molar-refractivity contribution >= 4 is 17.5 Å². The Kier molecular flexibility index (Phi) is 5.30. The van der Waals surface area contributed by atoms with Crippen LogP contribution in [0.25, 0.3) is 0 Å². The number of H-pyrrole nitrogens is 2.